The number of fused-ring (bicyclic) bond motifs is 2. The van der Waals surface area contributed by atoms with E-state index in [9.17, 15) is 126 Å². The number of imide groups is 1. The molecule has 10 amide bonds. The van der Waals surface area contributed by atoms with Gasteiger partial charge >= 0.3 is 17.9 Å². The average Bonchev–Trinajstić information content (AvgIpc) is 1.34. The number of carbonyl (C=O) groups excluding carboxylic acids is 17. The summed E-state index contributed by atoms with van der Waals surface area (Å²) in [6.07, 6.45) is -1.17. The van der Waals surface area contributed by atoms with E-state index in [2.05, 4.69) is 57.2 Å². The number of imidazole rings is 2. The number of nitrogens with two attached hydrogens (primary N) is 1. The number of carboxylic acid groups (broad SMARTS) is 3. The van der Waals surface area contributed by atoms with E-state index in [0.717, 1.165) is 16.7 Å². The molecule has 42 heteroatoms. The lowest BCUT2D eigenvalue weighted by Crippen LogP contribution is -2.48. The summed E-state index contributed by atoms with van der Waals surface area (Å²) in [7, 11) is 0. The van der Waals surface area contributed by atoms with E-state index in [1.807, 2.05) is 0 Å². The fourth-order valence-corrected chi connectivity index (χ4v) is 15.2. The van der Waals surface area contributed by atoms with Gasteiger partial charge < -0.3 is 92.8 Å². The molecular weight excluding hydrogens is 1680 g/mol. The first-order chi connectivity index (χ1) is 60.0. The summed E-state index contributed by atoms with van der Waals surface area (Å²) in [5.41, 5.74) is 5.87. The summed E-state index contributed by atoms with van der Waals surface area (Å²) in [4.78, 5) is 294. The van der Waals surface area contributed by atoms with Crippen molar-refractivity contribution < 1.29 is 131 Å². The van der Waals surface area contributed by atoms with Crippen molar-refractivity contribution in [2.45, 2.75) is 180 Å². The predicted octanol–water partition coefficient (Wildman–Crippen LogP) is 0.766. The number of H-pyrrole nitrogens is 2. The van der Waals surface area contributed by atoms with Crippen LogP contribution in [0.15, 0.2) is 88.9 Å². The van der Waals surface area contributed by atoms with Crippen LogP contribution in [0.4, 0.5) is 0 Å². The summed E-state index contributed by atoms with van der Waals surface area (Å²) >= 11 is 0.778. The maximum absolute atomic E-state index is 14.5. The number of Topliss-reactive ketones (excluding diaryl/α,β-unsaturated/α-hetero) is 7. The first-order valence-corrected chi connectivity index (χ1v) is 41.7. The van der Waals surface area contributed by atoms with E-state index in [1.54, 1.807) is 0 Å². The average molecular weight is 1790 g/mol. The van der Waals surface area contributed by atoms with E-state index >= 15 is 0 Å². The number of nitrogens with zero attached hydrogens (tertiary/aromatic N) is 3. The number of likely N-dealkylation sites (tertiary alicyclic amines) is 1. The number of rotatable bonds is 54. The zero-order chi connectivity index (χ0) is 94.0. The number of aromatic carboxylic acids is 1. The maximum Gasteiger partial charge on any atom is 0.336 e. The molecule has 2 aromatic heterocycles. The van der Waals surface area contributed by atoms with Crippen LogP contribution in [0.5, 0.6) is 5.75 Å². The Balaban J connectivity index is 1.00. The Morgan fingerprint density at radius 3 is 1.50 bits per heavy atom. The van der Waals surface area contributed by atoms with E-state index in [1.165, 1.54) is 128 Å². The molecule has 4 heterocycles. The lowest BCUT2D eigenvalue weighted by molar-refractivity contribution is -0.139. The Morgan fingerprint density at radius 1 is 0.543 bits per heavy atom. The highest BCUT2D eigenvalue weighted by Gasteiger charge is 2.42. The first kappa shape index (κ1) is 101. The molecule has 0 bridgehead atoms. The monoisotopic (exact) mass is 1790 g/mol. The summed E-state index contributed by atoms with van der Waals surface area (Å²) in [5, 5.41) is 76.3. The van der Waals surface area contributed by atoms with Gasteiger partial charge in [-0.15, -0.1) is 11.8 Å². The third-order valence-corrected chi connectivity index (χ3v) is 22.8. The van der Waals surface area contributed by atoms with Crippen LogP contribution in [0.3, 0.4) is 0 Å². The third kappa shape index (κ3) is 29.4. The Hall–Kier alpha value is -13.4. The number of primary amides is 1. The minimum absolute atomic E-state index is 0.0195. The molecule has 0 radical (unpaired) electrons. The minimum atomic E-state index is -1.51. The largest absolute Gasteiger partial charge is 0.508 e. The van der Waals surface area contributed by atoms with E-state index in [4.69, 9.17) is 15.3 Å². The highest BCUT2D eigenvalue weighted by Crippen LogP contribution is 2.43. The lowest BCUT2D eigenvalue weighted by Gasteiger charge is -2.24. The standard InChI is InChI=1S/C85H103N13O28S/c1-40(20-63(104)43(4)94-81(120)51(36-100)26-68(109)62(29-54-34-88-39-91-54)96-80(119)48(22-42(3)101)10-17-74(113)114)78(117)93-46(7)66(107)27-52(37-127-71-32-72(110)98(84(71)123)19-18-89-79(118)49-8-13-57(85(124)125)60(23-49)75-58-14-11-55(102)30-69(58)126-70-31-56(103)12-15-59(70)75)83(122)95-44(5)64(105)21-41(2)77(116)92-45(6)65(106)25-50(35-99)82(121)97-61(28-53-33-87-38-90-53)67(108)24-47(76(86)115)9-16-73(111)112/h8,11-15,23,30-31,33-34,38-41,43-48,50-52,61-62,71,99-100,102H,9-10,16-22,24-29,32,35-37H2,1-7H3,(H2,86,115)(H,87,90)(H,88,91)(H,89,118)(H,92,116)(H,93,117)(H,94,120)(H,95,122)(H,96,119)(H,97,121)(H,111,112)(H,113,114)(H,124,125)/t40-,41-,43+,44+,45+,46+,47+,48-,50-,51+,52+,61-,62+,71?/m0/s1. The van der Waals surface area contributed by atoms with Gasteiger partial charge in [-0.3, -0.25) is 96.0 Å². The molecule has 7 rings (SSSR count). The van der Waals surface area contributed by atoms with Gasteiger partial charge in [-0.2, -0.15) is 0 Å². The van der Waals surface area contributed by atoms with E-state index < -0.39 is 289 Å². The molecule has 2 aliphatic heterocycles. The molecule has 4 aromatic rings. The number of carboxylic acids is 3. The molecule has 1 unspecified atom stereocenters. The Kier molecular flexibility index (Phi) is 37.3. The van der Waals surface area contributed by atoms with Crippen LogP contribution >= 0.6 is 11.8 Å². The second kappa shape index (κ2) is 47.1. The van der Waals surface area contributed by atoms with Gasteiger partial charge in [-0.1, -0.05) is 13.8 Å². The summed E-state index contributed by atoms with van der Waals surface area (Å²) in [6, 6.07) is 3.21. The number of ketones is 7. The topological polar surface area (TPSA) is 664 Å². The SMILES string of the molecule is CC(=O)C[C@H](CCC(=O)O)C(=O)N[C@H](Cc1c[nH]cn1)C(=O)C[C@H](CO)C(=O)N[C@H](C)C(=O)C[C@H](C)C(=O)N[C@H](C)C(=O)C[C@H](CSC1CC(=O)N(CCNC(=O)c2ccc(C(=O)O)c(-c3c4ccc(=O)cc-4oc4cc(O)ccc34)c2)C1=O)C(=O)N[C@H](C)C(=O)C[C@H](C)C(=O)N[C@H](C)C(=O)C[C@@H](CO)C(=O)N[C@@H](Cc1c[nH]cn1)C(=O)C[C@@H](CCC(=O)O)C(N)=O. The Morgan fingerprint density at radius 2 is 1.02 bits per heavy atom. The third-order valence-electron chi connectivity index (χ3n) is 21.5. The number of thioether (sulfide) groups is 1. The number of carbonyl (C=O) groups is 20. The van der Waals surface area contributed by atoms with Gasteiger partial charge in [0, 0.05) is 166 Å². The number of phenolic OH excluding ortho intramolecular Hbond substituents is 1. The Labute approximate surface area is 729 Å². The molecule has 0 spiro atoms. The number of hydrogen-bond donors (Lipinski definition) is 16. The highest BCUT2D eigenvalue weighted by molar-refractivity contribution is 8.00. The molecular formula is C85H103N13O28S. The van der Waals surface area contributed by atoms with Crippen molar-refractivity contribution in [2.75, 3.05) is 32.1 Å². The highest BCUT2D eigenvalue weighted by atomic mass is 32.2. The predicted molar refractivity (Wildman–Crippen MR) is 448 cm³/mol. The van der Waals surface area contributed by atoms with E-state index in [-0.39, 0.29) is 94.9 Å². The van der Waals surface area contributed by atoms with Crippen LogP contribution in [-0.4, -0.2) is 246 Å². The first-order valence-electron chi connectivity index (χ1n) is 40.7. The van der Waals surface area contributed by atoms with Crippen LogP contribution in [-0.2, 0) is 99.1 Å². The molecule has 1 aliphatic carbocycles. The van der Waals surface area contributed by atoms with Crippen molar-refractivity contribution in [2.24, 2.45) is 47.2 Å². The van der Waals surface area contributed by atoms with Crippen molar-refractivity contribution >= 4 is 140 Å². The molecule has 127 heavy (non-hydrogen) atoms. The number of aromatic nitrogens is 4. The number of phenols is 1. The number of hydrogen-bond acceptors (Lipinski definition) is 28. The lowest BCUT2D eigenvalue weighted by atomic mass is 9.89. The Bertz CT molecular complexity index is 5170. The molecule has 682 valence electrons. The number of nitrogens with one attached hydrogen (secondary N) is 9. The van der Waals surface area contributed by atoms with Gasteiger partial charge in [-0.05, 0) is 95.5 Å². The molecule has 14 atom stereocenters. The van der Waals surface area contributed by atoms with Crippen LogP contribution in [0, 0.1) is 41.4 Å². The molecule has 3 aliphatic rings. The summed E-state index contributed by atoms with van der Waals surface area (Å²) < 4.78 is 5.92. The van der Waals surface area contributed by atoms with Crippen molar-refractivity contribution in [3.05, 3.63) is 112 Å². The van der Waals surface area contributed by atoms with Gasteiger partial charge in [0.25, 0.3) is 5.91 Å². The second-order valence-corrected chi connectivity index (χ2v) is 32.7. The van der Waals surface area contributed by atoms with Crippen LogP contribution < -0.4 is 48.4 Å². The van der Waals surface area contributed by atoms with E-state index in [0.29, 0.717) is 5.39 Å². The molecule has 41 nitrogen and oxygen atoms in total. The van der Waals surface area contributed by atoms with Crippen LogP contribution in [0.1, 0.15) is 158 Å². The minimum Gasteiger partial charge on any atom is -0.508 e. The van der Waals surface area contributed by atoms with Crippen molar-refractivity contribution in [3.63, 3.8) is 0 Å². The van der Waals surface area contributed by atoms with Crippen molar-refractivity contribution in [1.29, 1.82) is 0 Å². The number of aliphatic carboxylic acids is 2. The quantitative estimate of drug-likeness (QED) is 0.0185. The molecule has 17 N–H and O–H groups in total. The maximum atomic E-state index is 14.5. The fraction of sp³-hybridized carbons (Fsp3) is 0.471. The van der Waals surface area contributed by atoms with Crippen LogP contribution in [0.25, 0.3) is 33.4 Å². The summed E-state index contributed by atoms with van der Waals surface area (Å²) in [6.45, 7) is 6.25. The molecule has 1 saturated heterocycles. The van der Waals surface area contributed by atoms with Gasteiger partial charge in [-0.25, -0.2) is 14.8 Å². The normalized spacial score (nSPS) is 15.7. The molecule has 1 fully saturated rings. The number of benzene rings is 3. The summed E-state index contributed by atoms with van der Waals surface area (Å²) in [5.74, 6) is -27.5. The second-order valence-electron chi connectivity index (χ2n) is 31.5. The number of amides is 10. The fourth-order valence-electron chi connectivity index (χ4n) is 13.9. The van der Waals surface area contributed by atoms with Crippen molar-refractivity contribution in [3.8, 4) is 28.2 Å². The van der Waals surface area contributed by atoms with Gasteiger partial charge in [0.15, 0.2) is 40.1 Å². The zero-order valence-corrected chi connectivity index (χ0v) is 71.3. The zero-order valence-electron chi connectivity index (χ0n) is 70.5. The van der Waals surface area contributed by atoms with Crippen molar-refractivity contribution in [1.82, 2.24) is 62.1 Å². The van der Waals surface area contributed by atoms with Gasteiger partial charge in [0.2, 0.25) is 53.2 Å². The number of aliphatic hydroxyl groups excluding tert-OH is 2. The molecule has 2 aromatic carbocycles. The van der Waals surface area contributed by atoms with Gasteiger partial charge in [0.05, 0.1) is 102 Å². The molecule has 0 saturated carbocycles. The number of aromatic amines is 2. The number of aliphatic hydroxyl groups is 2. The van der Waals surface area contributed by atoms with Gasteiger partial charge in [0.1, 0.15) is 22.9 Å². The van der Waals surface area contributed by atoms with Crippen LogP contribution in [0.2, 0.25) is 0 Å². The number of aromatic hydroxyl groups is 1. The smallest absolute Gasteiger partial charge is 0.336 e.